The lowest BCUT2D eigenvalue weighted by atomic mass is 9.92. The SMILES string of the molecule is CC(C)(C)OC(=O)c1ccc(OC2CC(C(=O)O)c3cc(Cl)cc(Cl)c3O2)c([N+](=O)[O-])c1. The van der Waals surface area contributed by atoms with Crippen molar-refractivity contribution in [1.29, 1.82) is 0 Å². The third-order valence-corrected chi connectivity index (χ3v) is 4.94. The van der Waals surface area contributed by atoms with Crippen LogP contribution in [0.3, 0.4) is 0 Å². The first kappa shape index (κ1) is 23.6. The topological polar surface area (TPSA) is 125 Å². The van der Waals surface area contributed by atoms with Crippen molar-refractivity contribution in [2.24, 2.45) is 0 Å². The van der Waals surface area contributed by atoms with Gasteiger partial charge in [-0.15, -0.1) is 0 Å². The number of carboxylic acids is 1. The number of esters is 1. The fraction of sp³-hybridized carbons (Fsp3) is 0.333. The standard InChI is InChI=1S/C21H19Cl2NO8/c1-21(2,3)32-20(27)10-4-5-16(15(6-10)24(28)29)30-17-9-13(19(25)26)12-7-11(22)8-14(23)18(12)31-17/h4-8,13,17H,9H2,1-3H3,(H,25,26). The smallest absolute Gasteiger partial charge is 0.338 e. The molecular formula is C21H19Cl2NO8. The van der Waals surface area contributed by atoms with Crippen LogP contribution in [-0.2, 0) is 9.53 Å². The number of ether oxygens (including phenoxy) is 3. The van der Waals surface area contributed by atoms with Gasteiger partial charge < -0.3 is 19.3 Å². The summed E-state index contributed by atoms with van der Waals surface area (Å²) in [7, 11) is 0. The maximum atomic E-state index is 12.3. The second-order valence-electron chi connectivity index (χ2n) is 8.04. The number of carbonyl (C=O) groups excluding carboxylic acids is 1. The minimum Gasteiger partial charge on any atom is -0.481 e. The molecular weight excluding hydrogens is 465 g/mol. The molecule has 0 radical (unpaired) electrons. The number of nitro groups is 1. The highest BCUT2D eigenvalue weighted by molar-refractivity contribution is 6.35. The number of hydrogen-bond donors (Lipinski definition) is 1. The molecule has 11 heteroatoms. The summed E-state index contributed by atoms with van der Waals surface area (Å²) in [4.78, 5) is 34.9. The van der Waals surface area contributed by atoms with Crippen molar-refractivity contribution in [3.8, 4) is 11.5 Å². The van der Waals surface area contributed by atoms with Crippen LogP contribution in [-0.4, -0.2) is 33.9 Å². The zero-order chi connectivity index (χ0) is 23.8. The van der Waals surface area contributed by atoms with Gasteiger partial charge >= 0.3 is 17.6 Å². The molecule has 0 aromatic heterocycles. The van der Waals surface area contributed by atoms with E-state index in [0.717, 1.165) is 6.07 Å². The second kappa shape index (κ2) is 8.84. The van der Waals surface area contributed by atoms with Gasteiger partial charge in [0.25, 0.3) is 0 Å². The summed E-state index contributed by atoms with van der Waals surface area (Å²) in [6.07, 6.45) is -1.34. The van der Waals surface area contributed by atoms with E-state index >= 15 is 0 Å². The highest BCUT2D eigenvalue weighted by Crippen LogP contribution is 2.44. The van der Waals surface area contributed by atoms with E-state index in [4.69, 9.17) is 37.4 Å². The van der Waals surface area contributed by atoms with Gasteiger partial charge in [0.05, 0.1) is 21.4 Å². The summed E-state index contributed by atoms with van der Waals surface area (Å²) in [5.74, 6) is -3.07. The Balaban J connectivity index is 1.92. The van der Waals surface area contributed by atoms with Crippen LogP contribution in [0.15, 0.2) is 30.3 Å². The Kier molecular flexibility index (Phi) is 6.52. The van der Waals surface area contributed by atoms with Crippen molar-refractivity contribution in [2.45, 2.75) is 45.0 Å². The van der Waals surface area contributed by atoms with Crippen LogP contribution < -0.4 is 9.47 Å². The van der Waals surface area contributed by atoms with Crippen LogP contribution in [0, 0.1) is 10.1 Å². The quantitative estimate of drug-likeness (QED) is 0.348. The summed E-state index contributed by atoms with van der Waals surface area (Å²) in [5.41, 5.74) is -1.03. The van der Waals surface area contributed by atoms with E-state index in [-0.39, 0.29) is 39.1 Å². The van der Waals surface area contributed by atoms with Crippen molar-refractivity contribution in [3.63, 3.8) is 0 Å². The number of halogens is 2. The van der Waals surface area contributed by atoms with E-state index in [1.807, 2.05) is 0 Å². The van der Waals surface area contributed by atoms with Crippen molar-refractivity contribution in [1.82, 2.24) is 0 Å². The molecule has 2 unspecified atom stereocenters. The lowest BCUT2D eigenvalue weighted by Gasteiger charge is -2.31. The first-order chi connectivity index (χ1) is 14.9. The summed E-state index contributed by atoms with van der Waals surface area (Å²) in [6, 6.07) is 6.41. The molecule has 1 N–H and O–H groups in total. The van der Waals surface area contributed by atoms with Gasteiger partial charge in [0.1, 0.15) is 11.4 Å². The monoisotopic (exact) mass is 483 g/mol. The molecule has 1 aliphatic rings. The number of nitrogens with zero attached hydrogens (tertiary/aromatic N) is 1. The van der Waals surface area contributed by atoms with Crippen LogP contribution >= 0.6 is 23.2 Å². The van der Waals surface area contributed by atoms with Gasteiger partial charge in [-0.1, -0.05) is 23.2 Å². The molecule has 1 aliphatic heterocycles. The Hall–Kier alpha value is -3.04. The largest absolute Gasteiger partial charge is 0.481 e. The highest BCUT2D eigenvalue weighted by atomic mass is 35.5. The number of carboxylic acid groups (broad SMARTS) is 1. The van der Waals surface area contributed by atoms with Crippen molar-refractivity contribution < 1.29 is 33.8 Å². The first-order valence-electron chi connectivity index (χ1n) is 9.42. The van der Waals surface area contributed by atoms with Crippen molar-refractivity contribution in [3.05, 3.63) is 61.6 Å². The molecule has 2 aromatic carbocycles. The normalized spacial score (nSPS) is 17.7. The van der Waals surface area contributed by atoms with Crippen molar-refractivity contribution >= 4 is 40.8 Å². The third-order valence-electron chi connectivity index (χ3n) is 4.44. The summed E-state index contributed by atoms with van der Waals surface area (Å²) >= 11 is 12.1. The fourth-order valence-electron chi connectivity index (χ4n) is 3.13. The van der Waals surface area contributed by atoms with E-state index in [1.165, 1.54) is 24.3 Å². The van der Waals surface area contributed by atoms with E-state index in [1.54, 1.807) is 20.8 Å². The lowest BCUT2D eigenvalue weighted by Crippen LogP contribution is -2.34. The first-order valence-corrected chi connectivity index (χ1v) is 10.2. The van der Waals surface area contributed by atoms with E-state index < -0.39 is 40.4 Å². The van der Waals surface area contributed by atoms with E-state index in [0.29, 0.717) is 0 Å². The average molecular weight is 484 g/mol. The molecule has 3 rings (SSSR count). The minimum absolute atomic E-state index is 0.0324. The molecule has 170 valence electrons. The van der Waals surface area contributed by atoms with Gasteiger partial charge in [0.2, 0.25) is 12.0 Å². The molecule has 32 heavy (non-hydrogen) atoms. The van der Waals surface area contributed by atoms with Crippen LogP contribution in [0.1, 0.15) is 49.0 Å². The van der Waals surface area contributed by atoms with Crippen molar-refractivity contribution in [2.75, 3.05) is 0 Å². The summed E-state index contributed by atoms with van der Waals surface area (Å²) in [5, 5.41) is 21.5. The predicted octanol–water partition coefficient (Wildman–Crippen LogP) is 5.21. The Morgan fingerprint density at radius 3 is 2.50 bits per heavy atom. The van der Waals surface area contributed by atoms with Gasteiger partial charge in [-0.05, 0) is 45.0 Å². The highest BCUT2D eigenvalue weighted by Gasteiger charge is 2.37. The zero-order valence-electron chi connectivity index (χ0n) is 17.3. The molecule has 0 amide bonds. The molecule has 0 spiro atoms. The Morgan fingerprint density at radius 1 is 1.22 bits per heavy atom. The van der Waals surface area contributed by atoms with E-state index in [9.17, 15) is 24.8 Å². The Labute approximate surface area is 192 Å². The zero-order valence-corrected chi connectivity index (χ0v) is 18.8. The van der Waals surface area contributed by atoms with Gasteiger partial charge in [0, 0.05) is 23.1 Å². The van der Waals surface area contributed by atoms with Gasteiger partial charge in [-0.2, -0.15) is 0 Å². The number of benzene rings is 2. The molecule has 0 saturated carbocycles. The number of nitro benzene ring substituents is 1. The van der Waals surface area contributed by atoms with E-state index in [2.05, 4.69) is 0 Å². The summed E-state index contributed by atoms with van der Waals surface area (Å²) in [6.45, 7) is 5.02. The van der Waals surface area contributed by atoms with Crippen LogP contribution in [0.25, 0.3) is 0 Å². The number of carbonyl (C=O) groups is 2. The third kappa shape index (κ3) is 5.23. The number of aliphatic carboxylic acids is 1. The second-order valence-corrected chi connectivity index (χ2v) is 8.88. The maximum Gasteiger partial charge on any atom is 0.338 e. The average Bonchev–Trinajstić information content (AvgIpc) is 2.66. The van der Waals surface area contributed by atoms with Crippen LogP contribution in [0.2, 0.25) is 10.0 Å². The lowest BCUT2D eigenvalue weighted by molar-refractivity contribution is -0.386. The Morgan fingerprint density at radius 2 is 1.91 bits per heavy atom. The maximum absolute atomic E-state index is 12.3. The van der Waals surface area contributed by atoms with Crippen LogP contribution in [0.4, 0.5) is 5.69 Å². The molecule has 9 nitrogen and oxygen atoms in total. The fourth-order valence-corrected chi connectivity index (χ4v) is 3.69. The number of fused-ring (bicyclic) bond motifs is 1. The van der Waals surface area contributed by atoms with Gasteiger partial charge in [-0.25, -0.2) is 4.79 Å². The molecule has 1 heterocycles. The van der Waals surface area contributed by atoms with Gasteiger partial charge in [-0.3, -0.25) is 14.9 Å². The molecule has 0 saturated heterocycles. The predicted molar refractivity (Wildman–Crippen MR) is 115 cm³/mol. The molecule has 2 aromatic rings. The molecule has 2 atom stereocenters. The molecule has 0 fully saturated rings. The Bertz CT molecular complexity index is 1100. The number of hydrogen-bond acceptors (Lipinski definition) is 7. The van der Waals surface area contributed by atoms with Crippen LogP contribution in [0.5, 0.6) is 11.5 Å². The summed E-state index contributed by atoms with van der Waals surface area (Å²) < 4.78 is 16.6. The number of rotatable bonds is 5. The molecule has 0 bridgehead atoms. The minimum atomic E-state index is -1.19. The molecule has 0 aliphatic carbocycles. The van der Waals surface area contributed by atoms with Gasteiger partial charge in [0.15, 0.2) is 0 Å².